The van der Waals surface area contributed by atoms with Gasteiger partial charge in [0.25, 0.3) is 0 Å². The molecule has 0 radical (unpaired) electrons. The Morgan fingerprint density at radius 2 is 2.10 bits per heavy atom. The summed E-state index contributed by atoms with van der Waals surface area (Å²) in [5.74, 6) is 0.917. The first-order valence-corrected chi connectivity index (χ1v) is 9.84. The molecule has 6 heteroatoms. The van der Waals surface area contributed by atoms with E-state index < -0.39 is 0 Å². The fourth-order valence-corrected chi connectivity index (χ4v) is 6.11. The number of hydrogen-bond acceptors (Lipinski definition) is 4. The van der Waals surface area contributed by atoms with Crippen molar-refractivity contribution in [2.75, 3.05) is 31.9 Å². The molecule has 1 atom stereocenters. The zero-order valence-corrected chi connectivity index (χ0v) is 14.6. The van der Waals surface area contributed by atoms with Gasteiger partial charge in [-0.15, -0.1) is 23.1 Å². The smallest absolute Gasteiger partial charge is 0.233 e. The van der Waals surface area contributed by atoms with Crippen molar-refractivity contribution in [1.82, 2.24) is 9.80 Å². The van der Waals surface area contributed by atoms with E-state index in [0.29, 0.717) is 11.7 Å². The maximum atomic E-state index is 12.1. The van der Waals surface area contributed by atoms with Crippen molar-refractivity contribution >= 4 is 44.9 Å². The lowest BCUT2D eigenvalue weighted by atomic mass is 10.3. The maximum Gasteiger partial charge on any atom is 0.233 e. The van der Waals surface area contributed by atoms with Crippen LogP contribution in [0, 0.1) is 0 Å². The number of halogens is 1. The summed E-state index contributed by atoms with van der Waals surface area (Å²) < 4.78 is 1.14. The Balaban J connectivity index is 1.58. The van der Waals surface area contributed by atoms with Gasteiger partial charge in [0, 0.05) is 11.0 Å². The molecule has 0 N–H and O–H groups in total. The third-order valence-electron chi connectivity index (χ3n) is 3.91. The highest BCUT2D eigenvalue weighted by Crippen LogP contribution is 2.43. The summed E-state index contributed by atoms with van der Waals surface area (Å²) in [4.78, 5) is 18.0. The minimum atomic E-state index is 0.218. The molecule has 2 fully saturated rings. The summed E-state index contributed by atoms with van der Waals surface area (Å²) in [6, 6.07) is 2.08. The molecule has 1 unspecified atom stereocenters. The van der Waals surface area contributed by atoms with Gasteiger partial charge >= 0.3 is 0 Å². The van der Waals surface area contributed by atoms with Gasteiger partial charge in [-0.3, -0.25) is 4.79 Å². The average Bonchev–Trinajstić information content (AvgIpc) is 3.14. The van der Waals surface area contributed by atoms with Gasteiger partial charge in [0.1, 0.15) is 5.37 Å². The van der Waals surface area contributed by atoms with Gasteiger partial charge in [0.2, 0.25) is 5.91 Å². The molecule has 2 aliphatic heterocycles. The molecule has 0 aromatic carbocycles. The first-order valence-electron chi connectivity index (χ1n) is 7.12. The van der Waals surface area contributed by atoms with Gasteiger partial charge in [-0.2, -0.15) is 0 Å². The van der Waals surface area contributed by atoms with E-state index in [4.69, 9.17) is 0 Å². The van der Waals surface area contributed by atoms with Gasteiger partial charge in [-0.1, -0.05) is 0 Å². The summed E-state index contributed by atoms with van der Waals surface area (Å²) in [5, 5.41) is 2.31. The summed E-state index contributed by atoms with van der Waals surface area (Å²) in [5.41, 5.74) is 0. The van der Waals surface area contributed by atoms with Crippen LogP contribution >= 0.6 is 39.0 Å². The van der Waals surface area contributed by atoms with E-state index in [0.717, 1.165) is 24.0 Å². The minimum Gasteiger partial charge on any atom is -0.325 e. The van der Waals surface area contributed by atoms with Gasteiger partial charge in [0.05, 0.1) is 10.6 Å². The molecule has 110 valence electrons. The monoisotopic (exact) mass is 374 g/mol. The van der Waals surface area contributed by atoms with Gasteiger partial charge in [-0.25, -0.2) is 0 Å². The van der Waals surface area contributed by atoms with Crippen LogP contribution in [0.3, 0.4) is 0 Å². The number of rotatable bonds is 5. The van der Waals surface area contributed by atoms with E-state index in [1.165, 1.54) is 30.8 Å². The highest BCUT2D eigenvalue weighted by atomic mass is 79.9. The second-order valence-corrected chi connectivity index (χ2v) is 8.16. The highest BCUT2D eigenvalue weighted by Gasteiger charge is 2.34. The second kappa shape index (κ2) is 6.81. The van der Waals surface area contributed by atoms with Gasteiger partial charge in [0.15, 0.2) is 0 Å². The van der Waals surface area contributed by atoms with Crippen LogP contribution in [-0.2, 0) is 4.79 Å². The first-order chi connectivity index (χ1) is 9.75. The molecule has 2 aliphatic rings. The summed E-state index contributed by atoms with van der Waals surface area (Å²) in [7, 11) is 0. The topological polar surface area (TPSA) is 23.6 Å². The van der Waals surface area contributed by atoms with Crippen LogP contribution < -0.4 is 0 Å². The second-order valence-electron chi connectivity index (χ2n) is 5.29. The molecule has 3 heterocycles. The first kappa shape index (κ1) is 14.9. The van der Waals surface area contributed by atoms with E-state index in [9.17, 15) is 4.79 Å². The van der Waals surface area contributed by atoms with Gasteiger partial charge in [-0.05, 0) is 66.3 Å². The largest absolute Gasteiger partial charge is 0.325 e. The Bertz CT molecular complexity index is 473. The number of amides is 1. The molecule has 20 heavy (non-hydrogen) atoms. The van der Waals surface area contributed by atoms with Crippen molar-refractivity contribution in [3.63, 3.8) is 0 Å². The lowest BCUT2D eigenvalue weighted by Crippen LogP contribution is -2.31. The number of carbonyl (C=O) groups excluding carboxylic acids is 1. The molecule has 1 aromatic rings. The van der Waals surface area contributed by atoms with Crippen molar-refractivity contribution in [1.29, 1.82) is 0 Å². The standard InChI is InChI=1S/C14H19BrN2OS2/c15-11-4-9-19-13(11)14-17(12(18)10-20-14)8-3-7-16-5-1-2-6-16/h4,9,14H,1-3,5-8,10H2. The molecule has 0 saturated carbocycles. The normalized spacial score (nSPS) is 23.9. The predicted molar refractivity (Wildman–Crippen MR) is 89.2 cm³/mol. The molecular weight excluding hydrogens is 356 g/mol. The summed E-state index contributed by atoms with van der Waals surface area (Å²) in [6.07, 6.45) is 3.76. The van der Waals surface area contributed by atoms with Gasteiger partial charge < -0.3 is 9.80 Å². The minimum absolute atomic E-state index is 0.218. The van der Waals surface area contributed by atoms with Crippen LogP contribution in [0.2, 0.25) is 0 Å². The van der Waals surface area contributed by atoms with E-state index in [2.05, 4.69) is 37.2 Å². The average molecular weight is 375 g/mol. The molecule has 2 saturated heterocycles. The number of nitrogens with zero attached hydrogens (tertiary/aromatic N) is 2. The van der Waals surface area contributed by atoms with Crippen molar-refractivity contribution in [3.05, 3.63) is 20.8 Å². The fourth-order valence-electron chi connectivity index (χ4n) is 2.87. The Morgan fingerprint density at radius 3 is 2.80 bits per heavy atom. The third kappa shape index (κ3) is 3.24. The molecule has 1 amide bonds. The molecule has 1 aromatic heterocycles. The number of thioether (sulfide) groups is 1. The lowest BCUT2D eigenvalue weighted by molar-refractivity contribution is -0.128. The van der Waals surface area contributed by atoms with Crippen LogP contribution in [0.25, 0.3) is 0 Å². The fraction of sp³-hybridized carbons (Fsp3) is 0.643. The Kier molecular flexibility index (Phi) is 5.07. The van der Waals surface area contributed by atoms with Crippen LogP contribution in [0.5, 0.6) is 0 Å². The van der Waals surface area contributed by atoms with Crippen LogP contribution in [-0.4, -0.2) is 47.6 Å². The van der Waals surface area contributed by atoms with E-state index in [1.807, 2.05) is 0 Å². The van der Waals surface area contributed by atoms with Crippen LogP contribution in [0.15, 0.2) is 15.9 Å². The summed E-state index contributed by atoms with van der Waals surface area (Å²) in [6.45, 7) is 4.50. The molecule has 0 bridgehead atoms. The SMILES string of the molecule is O=C1CSC(c2sccc2Br)N1CCCN1CCCC1. The van der Waals surface area contributed by atoms with E-state index >= 15 is 0 Å². The number of likely N-dealkylation sites (tertiary alicyclic amines) is 1. The van der Waals surface area contributed by atoms with Crippen molar-refractivity contribution in [3.8, 4) is 0 Å². The molecule has 0 spiro atoms. The maximum absolute atomic E-state index is 12.1. The molecule has 3 rings (SSSR count). The quantitative estimate of drug-likeness (QED) is 0.786. The van der Waals surface area contributed by atoms with E-state index in [-0.39, 0.29) is 5.37 Å². The highest BCUT2D eigenvalue weighted by molar-refractivity contribution is 9.10. The van der Waals surface area contributed by atoms with E-state index in [1.54, 1.807) is 23.1 Å². The zero-order valence-electron chi connectivity index (χ0n) is 11.4. The molecule has 0 aliphatic carbocycles. The van der Waals surface area contributed by atoms with Crippen molar-refractivity contribution in [2.24, 2.45) is 0 Å². The van der Waals surface area contributed by atoms with Crippen LogP contribution in [0.1, 0.15) is 29.5 Å². The number of carbonyl (C=O) groups is 1. The summed E-state index contributed by atoms with van der Waals surface area (Å²) >= 11 is 7.09. The van der Waals surface area contributed by atoms with Crippen LogP contribution in [0.4, 0.5) is 0 Å². The lowest BCUT2D eigenvalue weighted by Gasteiger charge is -2.24. The zero-order chi connectivity index (χ0) is 13.9. The molecular formula is C14H19BrN2OS2. The Morgan fingerprint density at radius 1 is 1.30 bits per heavy atom. The number of hydrogen-bond donors (Lipinski definition) is 0. The number of thiophene rings is 1. The predicted octanol–water partition coefficient (Wildman–Crippen LogP) is 3.57. The third-order valence-corrected chi connectivity index (χ3v) is 7.20. The van der Waals surface area contributed by atoms with Crippen molar-refractivity contribution < 1.29 is 4.79 Å². The molecule has 3 nitrogen and oxygen atoms in total. The van der Waals surface area contributed by atoms with Crippen molar-refractivity contribution in [2.45, 2.75) is 24.6 Å². The Labute approximate surface area is 136 Å². The Hall–Kier alpha value is -0.0400.